The summed E-state index contributed by atoms with van der Waals surface area (Å²) in [7, 11) is 0. The van der Waals surface area contributed by atoms with Crippen LogP contribution in [0, 0.1) is 18.3 Å². The molecule has 0 bridgehead atoms. The highest BCUT2D eigenvalue weighted by Gasteiger charge is 2.32. The van der Waals surface area contributed by atoms with Crippen LogP contribution in [0.5, 0.6) is 11.5 Å². The van der Waals surface area contributed by atoms with Crippen molar-refractivity contribution in [2.75, 3.05) is 0 Å². The summed E-state index contributed by atoms with van der Waals surface area (Å²) in [5.41, 5.74) is 9.79. The summed E-state index contributed by atoms with van der Waals surface area (Å²) in [5.74, 6) is -0.311. The van der Waals surface area contributed by atoms with E-state index in [-0.39, 0.29) is 11.5 Å². The van der Waals surface area contributed by atoms with E-state index in [0.717, 1.165) is 16.7 Å². The van der Waals surface area contributed by atoms with Crippen molar-refractivity contribution in [1.29, 1.82) is 5.26 Å². The number of nitriles is 1. The maximum Gasteiger partial charge on any atom is 0.336 e. The van der Waals surface area contributed by atoms with E-state index >= 15 is 0 Å². The van der Waals surface area contributed by atoms with Crippen LogP contribution in [0.15, 0.2) is 84.3 Å². The van der Waals surface area contributed by atoms with Gasteiger partial charge in [0.1, 0.15) is 23.1 Å². The van der Waals surface area contributed by atoms with Gasteiger partial charge in [0.25, 0.3) is 0 Å². The molecule has 0 amide bonds. The Labute approximate surface area is 191 Å². The van der Waals surface area contributed by atoms with Crippen molar-refractivity contribution in [1.82, 2.24) is 0 Å². The zero-order valence-corrected chi connectivity index (χ0v) is 18.0. The first-order valence-corrected chi connectivity index (χ1v) is 10.3. The molecule has 32 heavy (non-hydrogen) atoms. The number of nitrogens with zero attached hydrogens (tertiary/aromatic N) is 1. The number of rotatable bonds is 4. The van der Waals surface area contributed by atoms with Crippen molar-refractivity contribution in [3.63, 3.8) is 0 Å². The molecule has 1 aliphatic heterocycles. The van der Waals surface area contributed by atoms with Gasteiger partial charge in [-0.1, -0.05) is 65.7 Å². The molecule has 0 radical (unpaired) electrons. The molecule has 0 aromatic heterocycles. The zero-order valence-electron chi connectivity index (χ0n) is 17.2. The van der Waals surface area contributed by atoms with Crippen molar-refractivity contribution >= 4 is 23.6 Å². The standard InChI is InChI=1S/C26H19ClN2O3/c1-16-6-8-17(9-7-16)10-13-24(30)31-18-11-12-20-23(14-18)32-26(29)21(15-28)25(20)19-4-2-3-5-22(19)27/h2-14,25H,29H2,1H3/b13-10+. The Bertz CT molecular complexity index is 1290. The summed E-state index contributed by atoms with van der Waals surface area (Å²) in [5, 5.41) is 10.2. The minimum atomic E-state index is -0.523. The normalized spacial score (nSPS) is 15.1. The number of carbonyl (C=O) groups excluding carboxylic acids is 1. The minimum absolute atomic E-state index is 0.00679. The van der Waals surface area contributed by atoms with Crippen LogP contribution in [-0.2, 0) is 4.79 Å². The lowest BCUT2D eigenvalue weighted by molar-refractivity contribution is -0.128. The maximum absolute atomic E-state index is 12.3. The second kappa shape index (κ2) is 9.01. The number of nitrogens with two attached hydrogens (primary N) is 1. The van der Waals surface area contributed by atoms with E-state index < -0.39 is 11.9 Å². The van der Waals surface area contributed by atoms with Crippen LogP contribution in [0.1, 0.15) is 28.2 Å². The molecule has 1 heterocycles. The summed E-state index contributed by atoms with van der Waals surface area (Å²) in [4.78, 5) is 12.3. The lowest BCUT2D eigenvalue weighted by Gasteiger charge is -2.27. The first-order chi connectivity index (χ1) is 15.5. The second-order valence-corrected chi connectivity index (χ2v) is 7.72. The Morgan fingerprint density at radius 1 is 1.12 bits per heavy atom. The molecular weight excluding hydrogens is 424 g/mol. The highest BCUT2D eigenvalue weighted by Crippen LogP contribution is 2.45. The minimum Gasteiger partial charge on any atom is -0.440 e. The molecule has 5 nitrogen and oxygen atoms in total. The highest BCUT2D eigenvalue weighted by atomic mass is 35.5. The third-order valence-corrected chi connectivity index (χ3v) is 5.46. The number of benzene rings is 3. The summed E-state index contributed by atoms with van der Waals surface area (Å²) in [6.07, 6.45) is 3.05. The van der Waals surface area contributed by atoms with Crippen molar-refractivity contribution in [3.05, 3.63) is 112 Å². The molecule has 158 valence electrons. The van der Waals surface area contributed by atoms with Gasteiger partial charge in [-0.05, 0) is 36.3 Å². The predicted octanol–water partition coefficient (Wildman–Crippen LogP) is 5.49. The molecule has 3 aromatic rings. The fraction of sp³-hybridized carbons (Fsp3) is 0.0769. The van der Waals surface area contributed by atoms with E-state index in [1.165, 1.54) is 6.08 Å². The van der Waals surface area contributed by atoms with E-state index in [1.54, 1.807) is 30.3 Å². The molecule has 1 atom stereocenters. The first-order valence-electron chi connectivity index (χ1n) is 9.89. The average Bonchev–Trinajstić information content (AvgIpc) is 2.78. The van der Waals surface area contributed by atoms with Gasteiger partial charge in [-0.15, -0.1) is 0 Å². The van der Waals surface area contributed by atoms with Crippen LogP contribution in [0.25, 0.3) is 6.08 Å². The van der Waals surface area contributed by atoms with E-state index in [0.29, 0.717) is 22.1 Å². The van der Waals surface area contributed by atoms with Crippen molar-refractivity contribution in [2.24, 2.45) is 5.73 Å². The molecule has 0 saturated heterocycles. The fourth-order valence-electron chi connectivity index (χ4n) is 3.52. The first kappa shape index (κ1) is 21.2. The second-order valence-electron chi connectivity index (χ2n) is 7.31. The Morgan fingerprint density at radius 3 is 2.59 bits per heavy atom. The van der Waals surface area contributed by atoms with E-state index in [2.05, 4.69) is 6.07 Å². The van der Waals surface area contributed by atoms with Gasteiger partial charge in [-0.25, -0.2) is 4.79 Å². The fourth-order valence-corrected chi connectivity index (χ4v) is 3.76. The molecule has 0 spiro atoms. The predicted molar refractivity (Wildman–Crippen MR) is 123 cm³/mol. The number of ether oxygens (including phenoxy) is 2. The molecular formula is C26H19ClN2O3. The average molecular weight is 443 g/mol. The van der Waals surface area contributed by atoms with Gasteiger partial charge in [-0.3, -0.25) is 0 Å². The summed E-state index contributed by atoms with van der Waals surface area (Å²) in [6.45, 7) is 2.00. The Morgan fingerprint density at radius 2 is 1.88 bits per heavy atom. The number of hydrogen-bond donors (Lipinski definition) is 1. The molecule has 0 saturated carbocycles. The van der Waals surface area contributed by atoms with E-state index in [9.17, 15) is 10.1 Å². The topological polar surface area (TPSA) is 85.3 Å². The lowest BCUT2D eigenvalue weighted by Crippen LogP contribution is -2.21. The van der Waals surface area contributed by atoms with Crippen LogP contribution in [0.4, 0.5) is 0 Å². The van der Waals surface area contributed by atoms with Crippen LogP contribution in [0.3, 0.4) is 0 Å². The van der Waals surface area contributed by atoms with Crippen molar-refractivity contribution in [2.45, 2.75) is 12.8 Å². The number of fused-ring (bicyclic) bond motifs is 1. The summed E-state index contributed by atoms with van der Waals surface area (Å²) < 4.78 is 11.1. The number of hydrogen-bond acceptors (Lipinski definition) is 5. The van der Waals surface area contributed by atoms with Crippen molar-refractivity contribution in [3.8, 4) is 17.6 Å². The number of halogens is 1. The summed E-state index contributed by atoms with van der Waals surface area (Å²) in [6, 6.07) is 22.1. The van der Waals surface area contributed by atoms with Gasteiger partial charge >= 0.3 is 5.97 Å². The third kappa shape index (κ3) is 4.36. The van der Waals surface area contributed by atoms with Crippen LogP contribution >= 0.6 is 11.6 Å². The summed E-state index contributed by atoms with van der Waals surface area (Å²) >= 11 is 6.40. The van der Waals surface area contributed by atoms with Gasteiger partial charge in [0.2, 0.25) is 5.88 Å². The third-order valence-electron chi connectivity index (χ3n) is 5.11. The van der Waals surface area contributed by atoms with Gasteiger partial charge in [0.05, 0.1) is 5.92 Å². The molecule has 6 heteroatoms. The van der Waals surface area contributed by atoms with E-state index in [4.69, 9.17) is 26.8 Å². The molecule has 3 aromatic carbocycles. The molecule has 2 N–H and O–H groups in total. The van der Waals surface area contributed by atoms with Gasteiger partial charge in [0, 0.05) is 22.7 Å². The van der Waals surface area contributed by atoms with Crippen LogP contribution < -0.4 is 15.2 Å². The molecule has 0 fully saturated rings. The van der Waals surface area contributed by atoms with Gasteiger partial charge < -0.3 is 15.2 Å². The molecule has 0 aliphatic carbocycles. The maximum atomic E-state index is 12.3. The lowest BCUT2D eigenvalue weighted by atomic mass is 9.83. The molecule has 1 unspecified atom stereocenters. The van der Waals surface area contributed by atoms with E-state index in [1.807, 2.05) is 49.4 Å². The zero-order chi connectivity index (χ0) is 22.7. The highest BCUT2D eigenvalue weighted by molar-refractivity contribution is 6.31. The number of esters is 1. The Kier molecular flexibility index (Phi) is 5.98. The van der Waals surface area contributed by atoms with Crippen LogP contribution in [-0.4, -0.2) is 5.97 Å². The monoisotopic (exact) mass is 442 g/mol. The smallest absolute Gasteiger partial charge is 0.336 e. The Balaban J connectivity index is 1.60. The Hall–Kier alpha value is -4.01. The molecule has 1 aliphatic rings. The number of carbonyl (C=O) groups is 1. The molecule has 4 rings (SSSR count). The largest absolute Gasteiger partial charge is 0.440 e. The number of aryl methyl sites for hydroxylation is 1. The SMILES string of the molecule is Cc1ccc(/C=C/C(=O)Oc2ccc3c(c2)OC(N)=C(C#N)C3c2ccccc2Cl)cc1. The van der Waals surface area contributed by atoms with Gasteiger partial charge in [0.15, 0.2) is 0 Å². The quantitative estimate of drug-likeness (QED) is 0.328. The van der Waals surface area contributed by atoms with Gasteiger partial charge in [-0.2, -0.15) is 5.26 Å². The number of allylic oxidation sites excluding steroid dienone is 1. The van der Waals surface area contributed by atoms with Crippen molar-refractivity contribution < 1.29 is 14.3 Å². The van der Waals surface area contributed by atoms with Crippen LogP contribution in [0.2, 0.25) is 5.02 Å².